The number of fused-ring (bicyclic) bond motifs is 1. The van der Waals surface area contributed by atoms with Gasteiger partial charge in [-0.1, -0.05) is 6.07 Å². The zero-order chi connectivity index (χ0) is 13.4. The van der Waals surface area contributed by atoms with Crippen LogP contribution in [0.4, 0.5) is 11.4 Å². The summed E-state index contributed by atoms with van der Waals surface area (Å²) < 4.78 is 5.40. The van der Waals surface area contributed by atoms with Gasteiger partial charge in [-0.3, -0.25) is 4.79 Å². The van der Waals surface area contributed by atoms with Crippen molar-refractivity contribution in [2.24, 2.45) is 0 Å². The molecule has 1 amide bonds. The first-order chi connectivity index (χ1) is 9.19. The standard InChI is InChI=1S/C13H16N2O4/c16-7-9-6-15(3-4-19-9)8-1-2-10-11(5-8)14-13(18)12(10)17/h1-2,5,9,12,16-17H,3-4,6-7H2,(H,14,18). The van der Waals surface area contributed by atoms with Crippen molar-refractivity contribution in [1.29, 1.82) is 0 Å². The molecule has 1 saturated heterocycles. The Bertz CT molecular complexity index is 505. The van der Waals surface area contributed by atoms with Crippen molar-refractivity contribution in [3.05, 3.63) is 23.8 Å². The SMILES string of the molecule is O=C1Nc2cc(N3CCOC(CO)C3)ccc2C1O. The van der Waals surface area contributed by atoms with Gasteiger partial charge >= 0.3 is 0 Å². The molecule has 3 rings (SSSR count). The molecule has 0 spiro atoms. The van der Waals surface area contributed by atoms with E-state index in [0.29, 0.717) is 24.4 Å². The van der Waals surface area contributed by atoms with Gasteiger partial charge in [0, 0.05) is 30.0 Å². The Balaban J connectivity index is 1.83. The van der Waals surface area contributed by atoms with E-state index in [1.54, 1.807) is 6.07 Å². The minimum atomic E-state index is -1.07. The fraction of sp³-hybridized carbons (Fsp3) is 0.462. The van der Waals surface area contributed by atoms with Gasteiger partial charge in [-0.15, -0.1) is 0 Å². The van der Waals surface area contributed by atoms with Crippen molar-refractivity contribution in [1.82, 2.24) is 0 Å². The van der Waals surface area contributed by atoms with E-state index in [1.165, 1.54) is 0 Å². The molecule has 2 heterocycles. The molecule has 102 valence electrons. The fourth-order valence-corrected chi connectivity index (χ4v) is 2.49. The average molecular weight is 264 g/mol. The largest absolute Gasteiger partial charge is 0.394 e. The highest BCUT2D eigenvalue weighted by molar-refractivity contribution is 6.02. The Kier molecular flexibility index (Phi) is 3.14. The Morgan fingerprint density at radius 2 is 2.32 bits per heavy atom. The van der Waals surface area contributed by atoms with Crippen molar-refractivity contribution in [3.63, 3.8) is 0 Å². The lowest BCUT2D eigenvalue weighted by Crippen LogP contribution is -2.44. The van der Waals surface area contributed by atoms with E-state index in [2.05, 4.69) is 10.2 Å². The molecule has 2 aliphatic rings. The second-order valence-electron chi connectivity index (χ2n) is 4.78. The zero-order valence-electron chi connectivity index (χ0n) is 10.4. The first kappa shape index (κ1) is 12.4. The summed E-state index contributed by atoms with van der Waals surface area (Å²) in [5, 5.41) is 21.4. The summed E-state index contributed by atoms with van der Waals surface area (Å²) in [7, 11) is 0. The molecule has 0 radical (unpaired) electrons. The summed E-state index contributed by atoms with van der Waals surface area (Å²) in [5.74, 6) is -0.387. The fourth-order valence-electron chi connectivity index (χ4n) is 2.49. The number of benzene rings is 1. The predicted octanol–water partition coefficient (Wildman–Crippen LogP) is -0.130. The molecule has 2 unspecified atom stereocenters. The molecular formula is C13H16N2O4. The van der Waals surface area contributed by atoms with Gasteiger partial charge in [-0.25, -0.2) is 0 Å². The molecule has 0 aliphatic carbocycles. The molecule has 19 heavy (non-hydrogen) atoms. The minimum absolute atomic E-state index is 0.00308. The molecule has 2 atom stereocenters. The van der Waals surface area contributed by atoms with Gasteiger partial charge in [0.2, 0.25) is 0 Å². The van der Waals surface area contributed by atoms with Crippen LogP contribution in [-0.4, -0.2) is 48.5 Å². The number of rotatable bonds is 2. The van der Waals surface area contributed by atoms with Crippen LogP contribution in [0.5, 0.6) is 0 Å². The Morgan fingerprint density at radius 3 is 3.11 bits per heavy atom. The van der Waals surface area contributed by atoms with E-state index in [4.69, 9.17) is 9.84 Å². The summed E-state index contributed by atoms with van der Waals surface area (Å²) in [6.07, 6.45) is -1.25. The number of aliphatic hydroxyl groups excluding tert-OH is 2. The second-order valence-corrected chi connectivity index (χ2v) is 4.78. The number of hydrogen-bond donors (Lipinski definition) is 3. The third-order valence-electron chi connectivity index (χ3n) is 3.55. The Morgan fingerprint density at radius 1 is 1.47 bits per heavy atom. The van der Waals surface area contributed by atoms with Crippen molar-refractivity contribution in [2.45, 2.75) is 12.2 Å². The highest BCUT2D eigenvalue weighted by Crippen LogP contribution is 2.34. The van der Waals surface area contributed by atoms with Crippen molar-refractivity contribution >= 4 is 17.3 Å². The number of carbonyl (C=O) groups excluding carboxylic acids is 1. The van der Waals surface area contributed by atoms with E-state index in [9.17, 15) is 9.90 Å². The van der Waals surface area contributed by atoms with E-state index < -0.39 is 6.10 Å². The molecule has 6 nitrogen and oxygen atoms in total. The van der Waals surface area contributed by atoms with Crippen LogP contribution in [0.1, 0.15) is 11.7 Å². The summed E-state index contributed by atoms with van der Waals surface area (Å²) in [6, 6.07) is 5.49. The number of nitrogens with one attached hydrogen (secondary N) is 1. The number of amides is 1. The molecule has 0 bridgehead atoms. The van der Waals surface area contributed by atoms with Crippen LogP contribution in [0.3, 0.4) is 0 Å². The topological polar surface area (TPSA) is 82.0 Å². The highest BCUT2D eigenvalue weighted by Gasteiger charge is 2.29. The van der Waals surface area contributed by atoms with Crippen LogP contribution in [0.15, 0.2) is 18.2 Å². The van der Waals surface area contributed by atoms with Crippen molar-refractivity contribution in [3.8, 4) is 0 Å². The maximum atomic E-state index is 11.4. The van der Waals surface area contributed by atoms with Crippen LogP contribution in [0, 0.1) is 0 Å². The number of ether oxygens (including phenoxy) is 1. The average Bonchev–Trinajstić information content (AvgIpc) is 2.73. The Hall–Kier alpha value is -1.63. The van der Waals surface area contributed by atoms with E-state index in [-0.39, 0.29) is 18.6 Å². The van der Waals surface area contributed by atoms with Crippen LogP contribution in [0.2, 0.25) is 0 Å². The third kappa shape index (κ3) is 2.18. The van der Waals surface area contributed by atoms with Gasteiger partial charge in [0.1, 0.15) is 0 Å². The van der Waals surface area contributed by atoms with E-state index in [1.807, 2.05) is 12.1 Å². The summed E-state index contributed by atoms with van der Waals surface area (Å²) in [4.78, 5) is 13.5. The smallest absolute Gasteiger partial charge is 0.257 e. The number of nitrogens with zero attached hydrogens (tertiary/aromatic N) is 1. The molecular weight excluding hydrogens is 248 g/mol. The second kappa shape index (κ2) is 4.80. The van der Waals surface area contributed by atoms with Gasteiger partial charge < -0.3 is 25.2 Å². The lowest BCUT2D eigenvalue weighted by molar-refractivity contribution is -0.123. The van der Waals surface area contributed by atoms with Crippen LogP contribution >= 0.6 is 0 Å². The van der Waals surface area contributed by atoms with E-state index >= 15 is 0 Å². The summed E-state index contributed by atoms with van der Waals surface area (Å²) in [6.45, 7) is 1.92. The summed E-state index contributed by atoms with van der Waals surface area (Å²) >= 11 is 0. The Labute approximate surface area is 110 Å². The maximum Gasteiger partial charge on any atom is 0.257 e. The molecule has 2 aliphatic heterocycles. The van der Waals surface area contributed by atoms with Gasteiger partial charge in [-0.05, 0) is 12.1 Å². The molecule has 1 fully saturated rings. The van der Waals surface area contributed by atoms with Gasteiger partial charge in [0.15, 0.2) is 6.10 Å². The zero-order valence-corrected chi connectivity index (χ0v) is 10.4. The lowest BCUT2D eigenvalue weighted by Gasteiger charge is -2.33. The molecule has 0 aromatic heterocycles. The van der Waals surface area contributed by atoms with Crippen LogP contribution in [-0.2, 0) is 9.53 Å². The predicted molar refractivity (Wildman–Crippen MR) is 69.1 cm³/mol. The number of morpholine rings is 1. The normalized spacial score (nSPS) is 26.2. The van der Waals surface area contributed by atoms with Crippen molar-refractivity contribution < 1.29 is 19.7 Å². The lowest BCUT2D eigenvalue weighted by atomic mass is 10.1. The number of hydrogen-bond acceptors (Lipinski definition) is 5. The monoisotopic (exact) mass is 264 g/mol. The van der Waals surface area contributed by atoms with Crippen LogP contribution < -0.4 is 10.2 Å². The molecule has 1 aromatic rings. The first-order valence-electron chi connectivity index (χ1n) is 6.29. The van der Waals surface area contributed by atoms with E-state index in [0.717, 1.165) is 12.2 Å². The third-order valence-corrected chi connectivity index (χ3v) is 3.55. The molecule has 0 saturated carbocycles. The number of carbonyl (C=O) groups is 1. The minimum Gasteiger partial charge on any atom is -0.394 e. The first-order valence-corrected chi connectivity index (χ1v) is 6.29. The van der Waals surface area contributed by atoms with Gasteiger partial charge in [0.05, 0.1) is 19.3 Å². The molecule has 6 heteroatoms. The van der Waals surface area contributed by atoms with Gasteiger partial charge in [0.25, 0.3) is 5.91 Å². The maximum absolute atomic E-state index is 11.4. The highest BCUT2D eigenvalue weighted by atomic mass is 16.5. The molecule has 1 aromatic carbocycles. The van der Waals surface area contributed by atoms with Crippen LogP contribution in [0.25, 0.3) is 0 Å². The number of anilines is 2. The quantitative estimate of drug-likeness (QED) is 0.693. The molecule has 3 N–H and O–H groups in total. The number of aliphatic hydroxyl groups is 2. The summed E-state index contributed by atoms with van der Waals surface area (Å²) in [5.41, 5.74) is 2.22. The van der Waals surface area contributed by atoms with Gasteiger partial charge in [-0.2, -0.15) is 0 Å². The van der Waals surface area contributed by atoms with Crippen molar-refractivity contribution in [2.75, 3.05) is 36.5 Å².